The summed E-state index contributed by atoms with van der Waals surface area (Å²) < 4.78 is 1.13. The smallest absolute Gasteiger partial charge is 0.0780 e. The van der Waals surface area contributed by atoms with Crippen molar-refractivity contribution in [2.45, 2.75) is 45.4 Å². The zero-order chi connectivity index (χ0) is 10.6. The van der Waals surface area contributed by atoms with Crippen LogP contribution in [0.5, 0.6) is 0 Å². The second-order valence-electron chi connectivity index (χ2n) is 6.18. The zero-order valence-electron chi connectivity index (χ0n) is 10.6. The van der Waals surface area contributed by atoms with Crippen LogP contribution in [0, 0.1) is 11.8 Å². The molecule has 14 heavy (non-hydrogen) atoms. The highest BCUT2D eigenvalue weighted by Crippen LogP contribution is 2.34. The van der Waals surface area contributed by atoms with Gasteiger partial charge < -0.3 is 4.48 Å². The zero-order valence-corrected chi connectivity index (χ0v) is 10.6. The summed E-state index contributed by atoms with van der Waals surface area (Å²) in [4.78, 5) is 0. The first kappa shape index (κ1) is 12.0. The summed E-state index contributed by atoms with van der Waals surface area (Å²) in [6, 6.07) is 0. The molecule has 1 rings (SSSR count). The Kier molecular flexibility index (Phi) is 4.43. The minimum Gasteiger partial charge on any atom is -0.331 e. The Hall–Kier alpha value is -0.0400. The maximum absolute atomic E-state index is 2.44. The lowest BCUT2D eigenvalue weighted by Gasteiger charge is -2.24. The van der Waals surface area contributed by atoms with Crippen molar-refractivity contribution < 1.29 is 4.48 Å². The summed E-state index contributed by atoms with van der Waals surface area (Å²) in [7, 11) is 6.87. The van der Waals surface area contributed by atoms with Crippen LogP contribution in [0.15, 0.2) is 0 Å². The molecular formula is C13H28N+. The number of nitrogens with zero attached hydrogens (tertiary/aromatic N) is 1. The standard InChI is InChI=1S/C13H28N/c1-12-8-7-10-13(12)9-5-6-11-14(2,3)4/h12-13H,5-11H2,1-4H3/q+1. The molecule has 0 N–H and O–H groups in total. The third kappa shape index (κ3) is 4.45. The van der Waals surface area contributed by atoms with Crippen LogP contribution in [0.4, 0.5) is 0 Å². The van der Waals surface area contributed by atoms with Gasteiger partial charge in [0.1, 0.15) is 0 Å². The molecular weight excluding hydrogens is 170 g/mol. The summed E-state index contributed by atoms with van der Waals surface area (Å²) in [5, 5.41) is 0. The van der Waals surface area contributed by atoms with Crippen molar-refractivity contribution in [1.29, 1.82) is 0 Å². The van der Waals surface area contributed by atoms with Crippen LogP contribution in [0.25, 0.3) is 0 Å². The third-order valence-electron chi connectivity index (χ3n) is 3.69. The van der Waals surface area contributed by atoms with Crippen molar-refractivity contribution in [2.24, 2.45) is 11.8 Å². The van der Waals surface area contributed by atoms with E-state index in [1.54, 1.807) is 0 Å². The highest BCUT2D eigenvalue weighted by molar-refractivity contribution is 4.73. The van der Waals surface area contributed by atoms with E-state index >= 15 is 0 Å². The predicted molar refractivity (Wildman–Crippen MR) is 63.3 cm³/mol. The van der Waals surface area contributed by atoms with Gasteiger partial charge in [0.05, 0.1) is 27.7 Å². The van der Waals surface area contributed by atoms with Crippen molar-refractivity contribution in [3.8, 4) is 0 Å². The summed E-state index contributed by atoms with van der Waals surface area (Å²) >= 11 is 0. The van der Waals surface area contributed by atoms with Crippen molar-refractivity contribution in [1.82, 2.24) is 0 Å². The molecule has 0 radical (unpaired) electrons. The SMILES string of the molecule is CC1CCCC1CCCC[N+](C)(C)C. The van der Waals surface area contributed by atoms with Gasteiger partial charge in [0.2, 0.25) is 0 Å². The Bertz CT molecular complexity index is 157. The fraction of sp³-hybridized carbons (Fsp3) is 1.00. The van der Waals surface area contributed by atoms with Gasteiger partial charge >= 0.3 is 0 Å². The van der Waals surface area contributed by atoms with Gasteiger partial charge in [-0.15, -0.1) is 0 Å². The maximum Gasteiger partial charge on any atom is 0.0780 e. The minimum absolute atomic E-state index is 1.01. The van der Waals surface area contributed by atoms with Crippen LogP contribution in [0.3, 0.4) is 0 Å². The number of quaternary nitrogens is 1. The molecule has 0 aromatic carbocycles. The van der Waals surface area contributed by atoms with E-state index in [0.29, 0.717) is 0 Å². The Morgan fingerprint density at radius 3 is 2.29 bits per heavy atom. The Morgan fingerprint density at radius 1 is 1.07 bits per heavy atom. The lowest BCUT2D eigenvalue weighted by atomic mass is 9.92. The van der Waals surface area contributed by atoms with E-state index in [9.17, 15) is 0 Å². The first-order valence-electron chi connectivity index (χ1n) is 6.29. The van der Waals surface area contributed by atoms with Crippen molar-refractivity contribution in [3.05, 3.63) is 0 Å². The van der Waals surface area contributed by atoms with Crippen LogP contribution >= 0.6 is 0 Å². The summed E-state index contributed by atoms with van der Waals surface area (Å²) in [6.45, 7) is 3.78. The van der Waals surface area contributed by atoms with E-state index in [1.165, 1.54) is 45.1 Å². The van der Waals surface area contributed by atoms with E-state index < -0.39 is 0 Å². The molecule has 84 valence electrons. The van der Waals surface area contributed by atoms with Gasteiger partial charge in [-0.3, -0.25) is 0 Å². The van der Waals surface area contributed by atoms with Gasteiger partial charge in [-0.2, -0.15) is 0 Å². The molecule has 1 fully saturated rings. The number of hydrogen-bond acceptors (Lipinski definition) is 0. The lowest BCUT2D eigenvalue weighted by molar-refractivity contribution is -0.870. The summed E-state index contributed by atoms with van der Waals surface area (Å²) in [5.74, 6) is 2.07. The molecule has 1 heteroatoms. The van der Waals surface area contributed by atoms with Gasteiger partial charge in [0.25, 0.3) is 0 Å². The van der Waals surface area contributed by atoms with E-state index in [0.717, 1.165) is 16.3 Å². The van der Waals surface area contributed by atoms with Crippen LogP contribution < -0.4 is 0 Å². The average molecular weight is 198 g/mol. The van der Waals surface area contributed by atoms with Crippen molar-refractivity contribution in [2.75, 3.05) is 27.7 Å². The van der Waals surface area contributed by atoms with E-state index in [-0.39, 0.29) is 0 Å². The molecule has 0 aromatic heterocycles. The van der Waals surface area contributed by atoms with Gasteiger partial charge in [0, 0.05) is 0 Å². The molecule has 0 amide bonds. The summed E-state index contributed by atoms with van der Waals surface area (Å²) in [5.41, 5.74) is 0. The molecule has 0 spiro atoms. The van der Waals surface area contributed by atoms with Crippen LogP contribution in [0.2, 0.25) is 0 Å². The fourth-order valence-corrected chi connectivity index (χ4v) is 2.64. The Labute approximate surface area is 90.1 Å². The molecule has 1 saturated carbocycles. The molecule has 0 saturated heterocycles. The third-order valence-corrected chi connectivity index (χ3v) is 3.69. The molecule has 2 unspecified atom stereocenters. The highest BCUT2D eigenvalue weighted by atomic mass is 15.3. The molecule has 1 aliphatic carbocycles. The van der Waals surface area contributed by atoms with E-state index in [1.807, 2.05) is 0 Å². The maximum atomic E-state index is 2.44. The van der Waals surface area contributed by atoms with Gasteiger partial charge in [-0.05, 0) is 31.1 Å². The normalized spacial score (nSPS) is 28.3. The second-order valence-corrected chi connectivity index (χ2v) is 6.18. The molecule has 1 nitrogen and oxygen atoms in total. The largest absolute Gasteiger partial charge is 0.331 e. The van der Waals surface area contributed by atoms with Crippen LogP contribution in [-0.2, 0) is 0 Å². The monoisotopic (exact) mass is 198 g/mol. The second kappa shape index (κ2) is 5.16. The minimum atomic E-state index is 1.01. The number of hydrogen-bond donors (Lipinski definition) is 0. The molecule has 0 bridgehead atoms. The average Bonchev–Trinajstić information content (AvgIpc) is 2.44. The first-order valence-corrected chi connectivity index (χ1v) is 6.29. The predicted octanol–water partition coefficient (Wildman–Crippen LogP) is 3.30. The Morgan fingerprint density at radius 2 is 1.79 bits per heavy atom. The Balaban J connectivity index is 2.04. The van der Waals surface area contributed by atoms with E-state index in [4.69, 9.17) is 0 Å². The number of rotatable bonds is 5. The topological polar surface area (TPSA) is 0 Å². The highest BCUT2D eigenvalue weighted by Gasteiger charge is 2.22. The van der Waals surface area contributed by atoms with Crippen LogP contribution in [0.1, 0.15) is 45.4 Å². The quantitative estimate of drug-likeness (QED) is 0.470. The fourth-order valence-electron chi connectivity index (χ4n) is 2.64. The number of unbranched alkanes of at least 4 members (excludes halogenated alkanes) is 1. The molecule has 2 atom stereocenters. The van der Waals surface area contributed by atoms with Gasteiger partial charge in [-0.25, -0.2) is 0 Å². The first-order chi connectivity index (χ1) is 6.49. The van der Waals surface area contributed by atoms with Gasteiger partial charge in [0.15, 0.2) is 0 Å². The summed E-state index contributed by atoms with van der Waals surface area (Å²) in [6.07, 6.45) is 8.82. The van der Waals surface area contributed by atoms with E-state index in [2.05, 4.69) is 28.1 Å². The lowest BCUT2D eigenvalue weighted by Crippen LogP contribution is -2.35. The van der Waals surface area contributed by atoms with Crippen molar-refractivity contribution in [3.63, 3.8) is 0 Å². The molecule has 1 aliphatic rings. The molecule has 0 aromatic rings. The van der Waals surface area contributed by atoms with Crippen LogP contribution in [-0.4, -0.2) is 32.2 Å². The molecule has 0 heterocycles. The van der Waals surface area contributed by atoms with Gasteiger partial charge in [-0.1, -0.05) is 26.2 Å². The van der Waals surface area contributed by atoms with Crippen molar-refractivity contribution >= 4 is 0 Å². The molecule has 0 aliphatic heterocycles.